The molecule has 0 saturated heterocycles. The van der Waals surface area contributed by atoms with Crippen LogP contribution >= 0.6 is 0 Å². The Balaban J connectivity index is 3.32. The van der Waals surface area contributed by atoms with Crippen LogP contribution in [0.3, 0.4) is 0 Å². The van der Waals surface area contributed by atoms with Crippen molar-refractivity contribution in [2.24, 2.45) is 17.6 Å². The van der Waals surface area contributed by atoms with Crippen molar-refractivity contribution in [3.05, 3.63) is 0 Å². The van der Waals surface area contributed by atoms with Crippen molar-refractivity contribution in [1.82, 2.24) is 5.32 Å². The molecule has 0 fully saturated rings. The second-order valence-corrected chi connectivity index (χ2v) is 3.80. The molecular formula is C10H24N2. The zero-order valence-electron chi connectivity index (χ0n) is 8.77. The van der Waals surface area contributed by atoms with E-state index in [4.69, 9.17) is 5.73 Å². The van der Waals surface area contributed by atoms with Crippen LogP contribution in [0.5, 0.6) is 0 Å². The molecule has 1 unspecified atom stereocenters. The quantitative estimate of drug-likeness (QED) is 0.573. The molecule has 0 rings (SSSR count). The third-order valence-corrected chi connectivity index (χ3v) is 2.36. The van der Waals surface area contributed by atoms with Crippen LogP contribution in [-0.4, -0.2) is 19.6 Å². The predicted octanol–water partition coefficient (Wildman–Crippen LogP) is 1.61. The van der Waals surface area contributed by atoms with Gasteiger partial charge in [0.05, 0.1) is 0 Å². The first-order valence-electron chi connectivity index (χ1n) is 5.13. The van der Waals surface area contributed by atoms with Crippen molar-refractivity contribution in [2.75, 3.05) is 19.6 Å². The van der Waals surface area contributed by atoms with E-state index in [0.717, 1.165) is 19.6 Å². The third kappa shape index (κ3) is 5.56. The average molecular weight is 172 g/mol. The van der Waals surface area contributed by atoms with Gasteiger partial charge in [-0.15, -0.1) is 0 Å². The summed E-state index contributed by atoms with van der Waals surface area (Å²) in [4.78, 5) is 0. The molecule has 0 aromatic rings. The molecule has 0 aliphatic heterocycles. The Morgan fingerprint density at radius 1 is 1.33 bits per heavy atom. The van der Waals surface area contributed by atoms with E-state index >= 15 is 0 Å². The van der Waals surface area contributed by atoms with Gasteiger partial charge in [0.25, 0.3) is 0 Å². The summed E-state index contributed by atoms with van der Waals surface area (Å²) in [5.74, 6) is 1.34. The van der Waals surface area contributed by atoms with Crippen molar-refractivity contribution < 1.29 is 0 Å². The SMILES string of the molecule is CCCCNCC(CN)C(C)C. The third-order valence-electron chi connectivity index (χ3n) is 2.36. The Morgan fingerprint density at radius 3 is 2.42 bits per heavy atom. The zero-order chi connectivity index (χ0) is 9.40. The summed E-state index contributed by atoms with van der Waals surface area (Å²) in [6.45, 7) is 9.70. The fourth-order valence-electron chi connectivity index (χ4n) is 1.18. The first kappa shape index (κ1) is 11.9. The Kier molecular flexibility index (Phi) is 7.51. The molecule has 2 heteroatoms. The molecule has 74 valence electrons. The second-order valence-electron chi connectivity index (χ2n) is 3.80. The predicted molar refractivity (Wildman–Crippen MR) is 55.2 cm³/mol. The van der Waals surface area contributed by atoms with E-state index in [2.05, 4.69) is 26.1 Å². The highest BCUT2D eigenvalue weighted by Crippen LogP contribution is 2.07. The molecule has 12 heavy (non-hydrogen) atoms. The molecule has 2 nitrogen and oxygen atoms in total. The van der Waals surface area contributed by atoms with Gasteiger partial charge in [-0.3, -0.25) is 0 Å². The molecule has 0 radical (unpaired) electrons. The normalized spacial score (nSPS) is 13.8. The molecule has 0 aliphatic carbocycles. The molecule has 0 aliphatic rings. The largest absolute Gasteiger partial charge is 0.330 e. The van der Waals surface area contributed by atoms with E-state index in [1.807, 2.05) is 0 Å². The van der Waals surface area contributed by atoms with Gasteiger partial charge >= 0.3 is 0 Å². The van der Waals surface area contributed by atoms with Crippen LogP contribution in [0.2, 0.25) is 0 Å². The van der Waals surface area contributed by atoms with E-state index < -0.39 is 0 Å². The maximum atomic E-state index is 5.65. The number of nitrogens with two attached hydrogens (primary N) is 1. The minimum Gasteiger partial charge on any atom is -0.330 e. The molecule has 0 heterocycles. The highest BCUT2D eigenvalue weighted by atomic mass is 14.9. The first-order chi connectivity index (χ1) is 5.72. The molecule has 0 saturated carbocycles. The van der Waals surface area contributed by atoms with E-state index in [-0.39, 0.29) is 0 Å². The zero-order valence-corrected chi connectivity index (χ0v) is 8.77. The summed E-state index contributed by atoms with van der Waals surface area (Å²) in [6, 6.07) is 0. The fraction of sp³-hybridized carbons (Fsp3) is 1.00. The van der Waals surface area contributed by atoms with E-state index in [9.17, 15) is 0 Å². The van der Waals surface area contributed by atoms with Crippen molar-refractivity contribution >= 4 is 0 Å². The summed E-state index contributed by atoms with van der Waals surface area (Å²) in [5.41, 5.74) is 5.65. The van der Waals surface area contributed by atoms with Crippen LogP contribution in [0, 0.1) is 11.8 Å². The summed E-state index contributed by atoms with van der Waals surface area (Å²) in [7, 11) is 0. The van der Waals surface area contributed by atoms with Gasteiger partial charge in [0.1, 0.15) is 0 Å². The maximum absolute atomic E-state index is 5.65. The van der Waals surface area contributed by atoms with Gasteiger partial charge in [-0.2, -0.15) is 0 Å². The molecule has 3 N–H and O–H groups in total. The van der Waals surface area contributed by atoms with E-state index in [1.54, 1.807) is 0 Å². The Hall–Kier alpha value is -0.0800. The lowest BCUT2D eigenvalue weighted by atomic mass is 9.96. The van der Waals surface area contributed by atoms with Gasteiger partial charge in [0.2, 0.25) is 0 Å². The van der Waals surface area contributed by atoms with Gasteiger partial charge in [0.15, 0.2) is 0 Å². The van der Waals surface area contributed by atoms with Gasteiger partial charge in [-0.25, -0.2) is 0 Å². The van der Waals surface area contributed by atoms with Gasteiger partial charge in [-0.05, 0) is 37.9 Å². The smallest absolute Gasteiger partial charge is 0.000600 e. The fourth-order valence-corrected chi connectivity index (χ4v) is 1.18. The Labute approximate surface area is 76.9 Å². The number of hydrogen-bond donors (Lipinski definition) is 2. The first-order valence-corrected chi connectivity index (χ1v) is 5.13. The molecule has 0 spiro atoms. The standard InChI is InChI=1S/C10H24N2/c1-4-5-6-12-8-10(7-11)9(2)3/h9-10,12H,4-8,11H2,1-3H3. The monoisotopic (exact) mass is 172 g/mol. The lowest BCUT2D eigenvalue weighted by Crippen LogP contribution is -2.32. The minimum atomic E-state index is 0.641. The van der Waals surface area contributed by atoms with Crippen molar-refractivity contribution in [3.63, 3.8) is 0 Å². The van der Waals surface area contributed by atoms with E-state index in [0.29, 0.717) is 11.8 Å². The minimum absolute atomic E-state index is 0.641. The molecule has 1 atom stereocenters. The molecular weight excluding hydrogens is 148 g/mol. The van der Waals surface area contributed by atoms with Gasteiger partial charge < -0.3 is 11.1 Å². The van der Waals surface area contributed by atoms with Crippen molar-refractivity contribution in [2.45, 2.75) is 33.6 Å². The van der Waals surface area contributed by atoms with Crippen LogP contribution in [0.1, 0.15) is 33.6 Å². The Bertz CT molecular complexity index is 91.8. The van der Waals surface area contributed by atoms with Gasteiger partial charge in [-0.1, -0.05) is 27.2 Å². The van der Waals surface area contributed by atoms with Crippen LogP contribution in [0.15, 0.2) is 0 Å². The lowest BCUT2D eigenvalue weighted by Gasteiger charge is -2.19. The number of nitrogens with one attached hydrogen (secondary N) is 1. The number of rotatable bonds is 7. The summed E-state index contributed by atoms with van der Waals surface area (Å²) >= 11 is 0. The topological polar surface area (TPSA) is 38.0 Å². The molecule has 0 amide bonds. The lowest BCUT2D eigenvalue weighted by molar-refractivity contribution is 0.370. The van der Waals surface area contributed by atoms with Crippen LogP contribution < -0.4 is 11.1 Å². The summed E-state index contributed by atoms with van der Waals surface area (Å²) in [5, 5.41) is 3.44. The van der Waals surface area contributed by atoms with Gasteiger partial charge in [0, 0.05) is 0 Å². The van der Waals surface area contributed by atoms with Crippen molar-refractivity contribution in [1.29, 1.82) is 0 Å². The summed E-state index contributed by atoms with van der Waals surface area (Å²) < 4.78 is 0. The summed E-state index contributed by atoms with van der Waals surface area (Å²) in [6.07, 6.45) is 2.54. The number of unbranched alkanes of at least 4 members (excludes halogenated alkanes) is 1. The van der Waals surface area contributed by atoms with E-state index in [1.165, 1.54) is 12.8 Å². The van der Waals surface area contributed by atoms with Crippen LogP contribution in [-0.2, 0) is 0 Å². The highest BCUT2D eigenvalue weighted by molar-refractivity contribution is 4.66. The average Bonchev–Trinajstić information content (AvgIpc) is 2.04. The van der Waals surface area contributed by atoms with Crippen LogP contribution in [0.4, 0.5) is 0 Å². The van der Waals surface area contributed by atoms with Crippen molar-refractivity contribution in [3.8, 4) is 0 Å². The second kappa shape index (κ2) is 7.56. The molecule has 0 bridgehead atoms. The van der Waals surface area contributed by atoms with Crippen LogP contribution in [0.25, 0.3) is 0 Å². The molecule has 0 aromatic carbocycles. The highest BCUT2D eigenvalue weighted by Gasteiger charge is 2.09. The maximum Gasteiger partial charge on any atom is -0.000600 e. The number of hydrogen-bond acceptors (Lipinski definition) is 2. The molecule has 0 aromatic heterocycles. The Morgan fingerprint density at radius 2 is 2.00 bits per heavy atom.